The zero-order chi connectivity index (χ0) is 14.9. The van der Waals surface area contributed by atoms with Gasteiger partial charge >= 0.3 is 6.18 Å². The second-order valence-electron chi connectivity index (χ2n) is 4.12. The Morgan fingerprint density at radius 3 is 2.20 bits per heavy atom. The molecule has 1 unspecified atom stereocenters. The van der Waals surface area contributed by atoms with E-state index in [-0.39, 0.29) is 11.3 Å². The second-order valence-corrected chi connectivity index (χ2v) is 4.12. The molecular weight excluding hydrogens is 279 g/mol. The molecule has 1 heterocycles. The van der Waals surface area contributed by atoms with Crippen molar-refractivity contribution in [3.8, 4) is 0 Å². The van der Waals surface area contributed by atoms with E-state index in [2.05, 4.69) is 4.98 Å². The van der Waals surface area contributed by atoms with Crippen molar-refractivity contribution in [3.63, 3.8) is 0 Å². The van der Waals surface area contributed by atoms with Gasteiger partial charge in [0.25, 0.3) is 0 Å². The van der Waals surface area contributed by atoms with Crippen molar-refractivity contribution in [2.45, 2.75) is 12.2 Å². The highest BCUT2D eigenvalue weighted by Crippen LogP contribution is 2.29. The fourth-order valence-electron chi connectivity index (χ4n) is 1.63. The van der Waals surface area contributed by atoms with Crippen LogP contribution in [0.3, 0.4) is 0 Å². The SMILES string of the molecule is NC(c1ccc(F)c(F)c1)c1ccc(C(F)(F)F)cn1. The van der Waals surface area contributed by atoms with Gasteiger partial charge in [0.15, 0.2) is 11.6 Å². The molecule has 1 aromatic carbocycles. The van der Waals surface area contributed by atoms with E-state index in [1.54, 1.807) is 0 Å². The van der Waals surface area contributed by atoms with Gasteiger partial charge < -0.3 is 5.73 Å². The summed E-state index contributed by atoms with van der Waals surface area (Å²) in [4.78, 5) is 3.61. The number of hydrogen-bond acceptors (Lipinski definition) is 2. The zero-order valence-electron chi connectivity index (χ0n) is 9.96. The molecule has 1 aromatic heterocycles. The molecular formula is C13H9F5N2. The molecule has 0 aliphatic heterocycles. The Balaban J connectivity index is 2.29. The molecule has 0 amide bonds. The van der Waals surface area contributed by atoms with E-state index in [4.69, 9.17) is 5.73 Å². The van der Waals surface area contributed by atoms with Crippen molar-refractivity contribution in [2.24, 2.45) is 5.73 Å². The van der Waals surface area contributed by atoms with E-state index < -0.39 is 29.4 Å². The summed E-state index contributed by atoms with van der Waals surface area (Å²) in [5, 5.41) is 0. The van der Waals surface area contributed by atoms with Gasteiger partial charge in [0.2, 0.25) is 0 Å². The first-order chi connectivity index (χ1) is 9.29. The van der Waals surface area contributed by atoms with Crippen LogP contribution >= 0.6 is 0 Å². The van der Waals surface area contributed by atoms with E-state index in [9.17, 15) is 22.0 Å². The van der Waals surface area contributed by atoms with Crippen molar-refractivity contribution in [3.05, 3.63) is 65.0 Å². The molecule has 7 heteroatoms. The Hall–Kier alpha value is -2.02. The quantitative estimate of drug-likeness (QED) is 0.860. The molecule has 106 valence electrons. The van der Waals surface area contributed by atoms with Crippen LogP contribution in [0.25, 0.3) is 0 Å². The summed E-state index contributed by atoms with van der Waals surface area (Å²) < 4.78 is 63.0. The van der Waals surface area contributed by atoms with Gasteiger partial charge in [-0.25, -0.2) is 8.78 Å². The molecule has 0 fully saturated rings. The largest absolute Gasteiger partial charge is 0.417 e. The van der Waals surface area contributed by atoms with Crippen LogP contribution in [0, 0.1) is 11.6 Å². The van der Waals surface area contributed by atoms with E-state index >= 15 is 0 Å². The lowest BCUT2D eigenvalue weighted by atomic mass is 10.0. The second kappa shape index (κ2) is 5.16. The molecule has 0 spiro atoms. The molecule has 0 bridgehead atoms. The van der Waals surface area contributed by atoms with Gasteiger partial charge in [-0.3, -0.25) is 4.98 Å². The molecule has 2 N–H and O–H groups in total. The Kier molecular flexibility index (Phi) is 3.71. The molecule has 2 nitrogen and oxygen atoms in total. The molecule has 0 aliphatic carbocycles. The highest BCUT2D eigenvalue weighted by Gasteiger charge is 2.30. The average Bonchev–Trinajstić information content (AvgIpc) is 2.40. The van der Waals surface area contributed by atoms with Crippen molar-refractivity contribution in [2.75, 3.05) is 0 Å². The molecule has 2 rings (SSSR count). The summed E-state index contributed by atoms with van der Waals surface area (Å²) >= 11 is 0. The van der Waals surface area contributed by atoms with Crippen molar-refractivity contribution in [1.82, 2.24) is 4.98 Å². The Labute approximate surface area is 111 Å². The van der Waals surface area contributed by atoms with Gasteiger partial charge in [0.05, 0.1) is 17.3 Å². The standard InChI is InChI=1S/C13H9F5N2/c14-9-3-1-7(5-10(9)15)12(19)11-4-2-8(6-20-11)13(16,17)18/h1-6,12H,19H2. The molecule has 0 saturated heterocycles. The number of hydrogen-bond donors (Lipinski definition) is 1. The highest BCUT2D eigenvalue weighted by molar-refractivity contribution is 5.29. The summed E-state index contributed by atoms with van der Waals surface area (Å²) in [6.07, 6.45) is -3.84. The first-order valence-corrected chi connectivity index (χ1v) is 5.52. The van der Waals surface area contributed by atoms with Crippen LogP contribution in [0.1, 0.15) is 22.9 Å². The van der Waals surface area contributed by atoms with Gasteiger partial charge in [-0.05, 0) is 29.8 Å². The van der Waals surface area contributed by atoms with Gasteiger partial charge in [-0.2, -0.15) is 13.2 Å². The zero-order valence-corrected chi connectivity index (χ0v) is 9.96. The topological polar surface area (TPSA) is 38.9 Å². The van der Waals surface area contributed by atoms with Crippen LogP contribution in [0.4, 0.5) is 22.0 Å². The number of aromatic nitrogens is 1. The Morgan fingerprint density at radius 1 is 1.00 bits per heavy atom. The van der Waals surface area contributed by atoms with Crippen LogP contribution in [0.2, 0.25) is 0 Å². The normalized spacial score (nSPS) is 13.3. The minimum absolute atomic E-state index is 0.129. The number of pyridine rings is 1. The first-order valence-electron chi connectivity index (χ1n) is 5.52. The molecule has 0 radical (unpaired) electrons. The van der Waals surface area contributed by atoms with Crippen molar-refractivity contribution >= 4 is 0 Å². The number of nitrogens with two attached hydrogens (primary N) is 1. The fourth-order valence-corrected chi connectivity index (χ4v) is 1.63. The monoisotopic (exact) mass is 288 g/mol. The molecule has 2 aromatic rings. The first kappa shape index (κ1) is 14.4. The third-order valence-corrected chi connectivity index (χ3v) is 2.74. The molecule has 0 saturated carbocycles. The lowest BCUT2D eigenvalue weighted by Gasteiger charge is -2.13. The maximum absolute atomic E-state index is 13.1. The van der Waals surface area contributed by atoms with Gasteiger partial charge in [0, 0.05) is 6.20 Å². The van der Waals surface area contributed by atoms with Gasteiger partial charge in [-0.15, -0.1) is 0 Å². The summed E-state index contributed by atoms with van der Waals surface area (Å²) in [7, 11) is 0. The van der Waals surface area contributed by atoms with Crippen molar-refractivity contribution in [1.29, 1.82) is 0 Å². The van der Waals surface area contributed by atoms with E-state index in [0.717, 1.165) is 24.3 Å². The van der Waals surface area contributed by atoms with Crippen LogP contribution in [-0.4, -0.2) is 4.98 Å². The van der Waals surface area contributed by atoms with E-state index in [0.29, 0.717) is 6.20 Å². The summed E-state index contributed by atoms with van der Waals surface area (Å²) in [5.41, 5.74) is 5.20. The number of benzene rings is 1. The third kappa shape index (κ3) is 2.93. The molecule has 20 heavy (non-hydrogen) atoms. The smallest absolute Gasteiger partial charge is 0.319 e. The maximum atomic E-state index is 13.1. The molecule has 0 aliphatic rings. The predicted octanol–water partition coefficient (Wildman–Crippen LogP) is 3.43. The Morgan fingerprint density at radius 2 is 1.70 bits per heavy atom. The minimum Gasteiger partial charge on any atom is -0.319 e. The Bertz CT molecular complexity index is 607. The van der Waals surface area contributed by atoms with Crippen LogP contribution in [0.5, 0.6) is 0 Å². The van der Waals surface area contributed by atoms with Crippen LogP contribution in [-0.2, 0) is 6.18 Å². The van der Waals surface area contributed by atoms with Gasteiger partial charge in [-0.1, -0.05) is 6.07 Å². The number of alkyl halides is 3. The summed E-state index contributed by atoms with van der Waals surface area (Å²) in [5.74, 6) is -2.11. The van der Waals surface area contributed by atoms with E-state index in [1.807, 2.05) is 0 Å². The van der Waals surface area contributed by atoms with Crippen LogP contribution < -0.4 is 5.73 Å². The summed E-state index contributed by atoms with van der Waals surface area (Å²) in [6.45, 7) is 0. The lowest BCUT2D eigenvalue weighted by Crippen LogP contribution is -2.15. The predicted molar refractivity (Wildman–Crippen MR) is 61.6 cm³/mol. The van der Waals surface area contributed by atoms with Gasteiger partial charge in [0.1, 0.15) is 0 Å². The van der Waals surface area contributed by atoms with Crippen molar-refractivity contribution < 1.29 is 22.0 Å². The third-order valence-electron chi connectivity index (χ3n) is 2.74. The maximum Gasteiger partial charge on any atom is 0.417 e. The lowest BCUT2D eigenvalue weighted by molar-refractivity contribution is -0.137. The summed E-state index contributed by atoms with van der Waals surface area (Å²) in [6, 6.07) is 4.04. The number of rotatable bonds is 2. The van der Waals surface area contributed by atoms with E-state index in [1.165, 1.54) is 6.07 Å². The highest BCUT2D eigenvalue weighted by atomic mass is 19.4. The van der Waals surface area contributed by atoms with Crippen LogP contribution in [0.15, 0.2) is 36.5 Å². The fraction of sp³-hybridized carbons (Fsp3) is 0.154. The average molecular weight is 288 g/mol. The number of halogens is 5. The number of nitrogens with zero attached hydrogens (tertiary/aromatic N) is 1. The minimum atomic E-state index is -4.49. The molecule has 1 atom stereocenters.